The van der Waals surface area contributed by atoms with Gasteiger partial charge in [0.25, 0.3) is 0 Å². The van der Waals surface area contributed by atoms with Crippen molar-refractivity contribution < 1.29 is 23.5 Å². The number of carbonyl (C=O) groups is 2. The van der Waals surface area contributed by atoms with Crippen molar-refractivity contribution in [1.29, 1.82) is 0 Å². The van der Waals surface area contributed by atoms with Gasteiger partial charge in [0.05, 0.1) is 24.0 Å². The molecule has 29 heavy (non-hydrogen) atoms. The van der Waals surface area contributed by atoms with Gasteiger partial charge >= 0.3 is 11.9 Å². The Morgan fingerprint density at radius 3 is 2.72 bits per heavy atom. The first kappa shape index (κ1) is 19.6. The van der Waals surface area contributed by atoms with E-state index in [0.29, 0.717) is 6.42 Å². The highest BCUT2D eigenvalue weighted by atomic mass is 28.4. The number of esters is 2. The summed E-state index contributed by atoms with van der Waals surface area (Å²) in [6.07, 6.45) is 8.09. The van der Waals surface area contributed by atoms with Gasteiger partial charge in [0.1, 0.15) is 5.60 Å². The minimum absolute atomic E-state index is 0.137. The van der Waals surface area contributed by atoms with Gasteiger partial charge in [-0.25, -0.2) is 0 Å². The first-order valence-corrected chi connectivity index (χ1v) is 14.2. The van der Waals surface area contributed by atoms with Crippen molar-refractivity contribution >= 4 is 20.3 Å². The number of carbonyl (C=O) groups excluding carboxylic acids is 2. The van der Waals surface area contributed by atoms with Crippen LogP contribution in [-0.4, -0.2) is 38.6 Å². The Morgan fingerprint density at radius 1 is 1.34 bits per heavy atom. The van der Waals surface area contributed by atoms with Crippen molar-refractivity contribution in [3.8, 4) is 0 Å². The van der Waals surface area contributed by atoms with Crippen LogP contribution < -0.4 is 0 Å². The standard InChI is InChI=1S/C23H32O5Si/c1-14-12-21-13-22(14,28-29(4,5)6)11-8-15(21)23-10-7-9-20(2,19(25)27-23)17(23)16(21)18(24)26-3/h7,9,15-17H,1,8,10-13H2,2-6H3/t15?,16?,17?,20?,21-,22-,23+/m0/s1. The van der Waals surface area contributed by atoms with Crippen LogP contribution in [0.3, 0.4) is 0 Å². The maximum absolute atomic E-state index is 13.3. The molecule has 7 atom stereocenters. The number of hydrogen-bond donors (Lipinski definition) is 0. The zero-order chi connectivity index (χ0) is 21.0. The molecule has 3 saturated carbocycles. The molecule has 0 aromatic heterocycles. The van der Waals surface area contributed by atoms with Crippen LogP contribution in [0.2, 0.25) is 19.6 Å². The van der Waals surface area contributed by atoms with Gasteiger partial charge in [0.2, 0.25) is 0 Å². The summed E-state index contributed by atoms with van der Waals surface area (Å²) in [5, 5.41) is 0. The van der Waals surface area contributed by atoms with E-state index in [1.165, 1.54) is 7.11 Å². The minimum atomic E-state index is -1.81. The fourth-order valence-corrected chi connectivity index (χ4v) is 9.55. The Morgan fingerprint density at radius 2 is 2.07 bits per heavy atom. The van der Waals surface area contributed by atoms with E-state index < -0.39 is 19.3 Å². The van der Waals surface area contributed by atoms with Gasteiger partial charge < -0.3 is 13.9 Å². The minimum Gasteiger partial charge on any atom is -0.469 e. The zero-order valence-electron chi connectivity index (χ0n) is 18.2. The molecule has 5 aliphatic rings. The number of methoxy groups -OCH3 is 1. The fourth-order valence-electron chi connectivity index (χ4n) is 8.06. The number of hydrogen-bond acceptors (Lipinski definition) is 5. The molecule has 0 amide bonds. The van der Waals surface area contributed by atoms with Crippen molar-refractivity contribution in [2.45, 2.75) is 69.9 Å². The van der Waals surface area contributed by atoms with Crippen molar-refractivity contribution in [1.82, 2.24) is 0 Å². The van der Waals surface area contributed by atoms with E-state index in [4.69, 9.17) is 13.9 Å². The van der Waals surface area contributed by atoms with E-state index in [1.54, 1.807) is 0 Å². The summed E-state index contributed by atoms with van der Waals surface area (Å²) in [7, 11) is -0.354. The SMILES string of the molecule is C=C1C[C@]23C[C@@]1(O[Si](C)(C)C)CCC2[C@@]12CC=CC(C)(C(=O)O1)C2C3C(=O)OC. The Bertz CT molecular complexity index is 858. The fraction of sp³-hybridized carbons (Fsp3) is 0.739. The molecule has 4 bridgehead atoms. The van der Waals surface area contributed by atoms with Gasteiger partial charge in [0.15, 0.2) is 8.32 Å². The molecule has 1 spiro atoms. The Balaban J connectivity index is 1.68. The monoisotopic (exact) mass is 416 g/mol. The van der Waals surface area contributed by atoms with Crippen LogP contribution in [0.25, 0.3) is 0 Å². The van der Waals surface area contributed by atoms with Crippen LogP contribution in [0, 0.1) is 28.6 Å². The molecule has 4 fully saturated rings. The molecule has 0 N–H and O–H groups in total. The van der Waals surface area contributed by atoms with Crippen molar-refractivity contribution in [2.24, 2.45) is 28.6 Å². The molecule has 5 nitrogen and oxygen atoms in total. The quantitative estimate of drug-likeness (QED) is 0.395. The van der Waals surface area contributed by atoms with E-state index in [0.717, 1.165) is 31.3 Å². The summed E-state index contributed by atoms with van der Waals surface area (Å²) < 4.78 is 18.4. The maximum Gasteiger partial charge on any atom is 0.316 e. The van der Waals surface area contributed by atoms with Crippen LogP contribution >= 0.6 is 0 Å². The summed E-state index contributed by atoms with van der Waals surface area (Å²) in [5.74, 6) is -0.814. The van der Waals surface area contributed by atoms with Gasteiger partial charge in [0, 0.05) is 18.3 Å². The van der Waals surface area contributed by atoms with Crippen LogP contribution in [0.1, 0.15) is 39.0 Å². The average molecular weight is 417 g/mol. The number of fused-ring (bicyclic) bond motifs is 1. The molecule has 1 saturated heterocycles. The molecule has 5 rings (SSSR count). The Hall–Kier alpha value is -1.40. The molecule has 4 aliphatic carbocycles. The molecule has 1 aliphatic heterocycles. The largest absolute Gasteiger partial charge is 0.469 e. The molecule has 1 heterocycles. The lowest BCUT2D eigenvalue weighted by atomic mass is 9.62. The van der Waals surface area contributed by atoms with Gasteiger partial charge in [-0.05, 0) is 63.2 Å². The number of ether oxygens (including phenoxy) is 2. The first-order valence-electron chi connectivity index (χ1n) is 10.8. The van der Waals surface area contributed by atoms with E-state index in [2.05, 4.69) is 32.3 Å². The van der Waals surface area contributed by atoms with Gasteiger partial charge in [-0.15, -0.1) is 0 Å². The highest BCUT2D eigenvalue weighted by Crippen LogP contribution is 2.78. The van der Waals surface area contributed by atoms with Gasteiger partial charge in [-0.2, -0.15) is 0 Å². The first-order chi connectivity index (χ1) is 13.4. The smallest absolute Gasteiger partial charge is 0.316 e. The predicted octanol–water partition coefficient (Wildman–Crippen LogP) is 4.00. The van der Waals surface area contributed by atoms with Crippen molar-refractivity contribution in [2.75, 3.05) is 7.11 Å². The summed E-state index contributed by atoms with van der Waals surface area (Å²) in [4.78, 5) is 26.3. The van der Waals surface area contributed by atoms with Crippen LogP contribution in [0.15, 0.2) is 24.3 Å². The molecule has 0 aromatic rings. The van der Waals surface area contributed by atoms with Crippen molar-refractivity contribution in [3.05, 3.63) is 24.3 Å². The van der Waals surface area contributed by atoms with Gasteiger partial charge in [-0.3, -0.25) is 9.59 Å². The number of rotatable bonds is 3. The summed E-state index contributed by atoms with van der Waals surface area (Å²) in [6.45, 7) is 13.0. The molecule has 6 heteroatoms. The second kappa shape index (κ2) is 5.44. The van der Waals surface area contributed by atoms with Crippen LogP contribution in [0.4, 0.5) is 0 Å². The highest BCUT2D eigenvalue weighted by Gasteiger charge is 2.82. The Kier molecular flexibility index (Phi) is 3.67. The third-order valence-corrected chi connectivity index (χ3v) is 9.63. The maximum atomic E-state index is 13.3. The van der Waals surface area contributed by atoms with Crippen LogP contribution in [-0.2, 0) is 23.5 Å². The molecule has 0 radical (unpaired) electrons. The van der Waals surface area contributed by atoms with Crippen molar-refractivity contribution in [3.63, 3.8) is 0 Å². The van der Waals surface area contributed by atoms with E-state index in [1.807, 2.05) is 13.0 Å². The molecular weight excluding hydrogens is 384 g/mol. The summed E-state index contributed by atoms with van der Waals surface area (Å²) >= 11 is 0. The molecule has 4 unspecified atom stereocenters. The Labute approximate surface area is 174 Å². The lowest BCUT2D eigenvalue weighted by molar-refractivity contribution is -0.162. The molecule has 158 valence electrons. The van der Waals surface area contributed by atoms with E-state index >= 15 is 0 Å². The lowest BCUT2D eigenvalue weighted by Gasteiger charge is -2.48. The average Bonchev–Trinajstić information content (AvgIpc) is 3.02. The predicted molar refractivity (Wildman–Crippen MR) is 110 cm³/mol. The summed E-state index contributed by atoms with van der Waals surface area (Å²) in [5.41, 5.74) is -0.910. The third kappa shape index (κ3) is 2.15. The normalized spacial score (nSPS) is 49.6. The lowest BCUT2D eigenvalue weighted by Crippen LogP contribution is -2.50. The second-order valence-electron chi connectivity index (χ2n) is 11.2. The molecule has 0 aromatic carbocycles. The van der Waals surface area contributed by atoms with Crippen LogP contribution in [0.5, 0.6) is 0 Å². The molecular formula is C23H32O5Si. The second-order valence-corrected chi connectivity index (χ2v) is 15.6. The van der Waals surface area contributed by atoms with E-state index in [9.17, 15) is 9.59 Å². The topological polar surface area (TPSA) is 61.8 Å². The van der Waals surface area contributed by atoms with Gasteiger partial charge in [-0.1, -0.05) is 18.7 Å². The van der Waals surface area contributed by atoms with E-state index in [-0.39, 0.29) is 40.7 Å². The zero-order valence-corrected chi connectivity index (χ0v) is 19.2. The highest BCUT2D eigenvalue weighted by molar-refractivity contribution is 6.69. The summed E-state index contributed by atoms with van der Waals surface area (Å²) in [6, 6.07) is 0. The third-order valence-electron chi connectivity index (χ3n) is 8.63.